The molecule has 138 valence electrons. The third kappa shape index (κ3) is 3.72. The predicted octanol–water partition coefficient (Wildman–Crippen LogP) is 2.88. The Hall–Kier alpha value is -3.09. The zero-order valence-electron chi connectivity index (χ0n) is 14.8. The Bertz CT molecular complexity index is 927. The molecule has 4 rings (SSSR count). The minimum atomic E-state index is -0.580. The lowest BCUT2D eigenvalue weighted by molar-refractivity contribution is 0.0698. The summed E-state index contributed by atoms with van der Waals surface area (Å²) in [6.07, 6.45) is 11.6. The Morgan fingerprint density at radius 1 is 1.15 bits per heavy atom. The summed E-state index contributed by atoms with van der Waals surface area (Å²) < 4.78 is 16.1. The molecule has 1 aliphatic heterocycles. The third-order valence-corrected chi connectivity index (χ3v) is 4.93. The van der Waals surface area contributed by atoms with Crippen molar-refractivity contribution in [2.24, 2.45) is 0 Å². The number of hydrogen-bond acceptors (Lipinski definition) is 4. The van der Waals surface area contributed by atoms with Crippen LogP contribution in [-0.2, 0) is 6.54 Å². The zero-order chi connectivity index (χ0) is 18.6. The normalized spacial score (nSPS) is 17.1. The van der Waals surface area contributed by atoms with E-state index in [-0.39, 0.29) is 17.4 Å². The van der Waals surface area contributed by atoms with Crippen LogP contribution in [0.25, 0.3) is 0 Å². The van der Waals surface area contributed by atoms with Crippen molar-refractivity contribution >= 4 is 5.91 Å². The molecule has 7 heteroatoms. The first-order chi connectivity index (χ1) is 13.2. The molecule has 0 saturated carbocycles. The summed E-state index contributed by atoms with van der Waals surface area (Å²) >= 11 is 0. The number of carbonyl (C=O) groups is 1. The van der Waals surface area contributed by atoms with Crippen LogP contribution in [0.1, 0.15) is 40.5 Å². The number of aromatic nitrogens is 4. The molecule has 1 atom stereocenters. The van der Waals surface area contributed by atoms with Crippen molar-refractivity contribution in [3.8, 4) is 0 Å². The van der Waals surface area contributed by atoms with E-state index in [0.29, 0.717) is 19.6 Å². The van der Waals surface area contributed by atoms with E-state index in [4.69, 9.17) is 0 Å². The standard InChI is InChI=1S/C20H20FN5O/c21-18-12-23-8-5-17(18)20(27)26-10-1-2-16(14-26)19-24-9-11-25(19)13-15-3-6-22-7-4-15/h3-9,11-12,16H,1-2,10,13-14H2/t16-/m0/s1. The van der Waals surface area contributed by atoms with Gasteiger partial charge in [-0.25, -0.2) is 9.37 Å². The molecule has 4 heterocycles. The van der Waals surface area contributed by atoms with Crippen LogP contribution in [0, 0.1) is 5.82 Å². The second-order valence-corrected chi connectivity index (χ2v) is 6.71. The van der Waals surface area contributed by atoms with E-state index >= 15 is 0 Å². The van der Waals surface area contributed by atoms with Crippen molar-refractivity contribution in [1.82, 2.24) is 24.4 Å². The van der Waals surface area contributed by atoms with Gasteiger partial charge in [0.15, 0.2) is 5.82 Å². The Morgan fingerprint density at radius 2 is 1.96 bits per heavy atom. The van der Waals surface area contributed by atoms with Crippen LogP contribution in [-0.4, -0.2) is 43.4 Å². The topological polar surface area (TPSA) is 63.9 Å². The molecular formula is C20H20FN5O. The van der Waals surface area contributed by atoms with Crippen molar-refractivity contribution < 1.29 is 9.18 Å². The molecule has 0 unspecified atom stereocenters. The number of carbonyl (C=O) groups excluding carboxylic acids is 1. The largest absolute Gasteiger partial charge is 0.338 e. The summed E-state index contributed by atoms with van der Waals surface area (Å²) in [7, 11) is 0. The van der Waals surface area contributed by atoms with Gasteiger partial charge in [0, 0.05) is 56.5 Å². The van der Waals surface area contributed by atoms with E-state index < -0.39 is 5.82 Å². The number of hydrogen-bond donors (Lipinski definition) is 0. The summed E-state index contributed by atoms with van der Waals surface area (Å²) in [5, 5.41) is 0. The Labute approximate surface area is 156 Å². The lowest BCUT2D eigenvalue weighted by atomic mass is 9.96. The molecule has 0 aromatic carbocycles. The fourth-order valence-electron chi connectivity index (χ4n) is 3.59. The second kappa shape index (κ2) is 7.65. The van der Waals surface area contributed by atoms with Gasteiger partial charge in [-0.05, 0) is 36.6 Å². The molecule has 0 bridgehead atoms. The lowest BCUT2D eigenvalue weighted by Gasteiger charge is -2.32. The predicted molar refractivity (Wildman–Crippen MR) is 97.6 cm³/mol. The summed E-state index contributed by atoms with van der Waals surface area (Å²) in [6.45, 7) is 1.87. The average Bonchev–Trinajstić information content (AvgIpc) is 3.17. The van der Waals surface area contributed by atoms with E-state index in [0.717, 1.165) is 30.4 Å². The number of piperidine rings is 1. The third-order valence-electron chi connectivity index (χ3n) is 4.93. The van der Waals surface area contributed by atoms with E-state index in [9.17, 15) is 9.18 Å². The van der Waals surface area contributed by atoms with Crippen molar-refractivity contribution in [2.45, 2.75) is 25.3 Å². The molecular weight excluding hydrogens is 345 g/mol. The summed E-state index contributed by atoms with van der Waals surface area (Å²) in [4.78, 5) is 26.8. The summed E-state index contributed by atoms with van der Waals surface area (Å²) in [5.41, 5.74) is 1.22. The van der Waals surface area contributed by atoms with E-state index in [2.05, 4.69) is 19.5 Å². The highest BCUT2D eigenvalue weighted by Gasteiger charge is 2.29. The van der Waals surface area contributed by atoms with Crippen molar-refractivity contribution in [3.05, 3.63) is 78.1 Å². The fraction of sp³-hybridized carbons (Fsp3) is 0.300. The summed E-state index contributed by atoms with van der Waals surface area (Å²) in [6, 6.07) is 5.39. The monoisotopic (exact) mass is 365 g/mol. The van der Waals surface area contributed by atoms with Crippen LogP contribution in [0.5, 0.6) is 0 Å². The van der Waals surface area contributed by atoms with Gasteiger partial charge in [-0.1, -0.05) is 0 Å². The van der Waals surface area contributed by atoms with E-state index in [1.165, 1.54) is 12.3 Å². The number of imidazole rings is 1. The van der Waals surface area contributed by atoms with Gasteiger partial charge in [-0.2, -0.15) is 0 Å². The maximum atomic E-state index is 13.9. The quantitative estimate of drug-likeness (QED) is 0.713. The molecule has 0 aliphatic carbocycles. The summed E-state index contributed by atoms with van der Waals surface area (Å²) in [5.74, 6) is 0.222. The number of amides is 1. The second-order valence-electron chi connectivity index (χ2n) is 6.71. The van der Waals surface area contributed by atoms with Crippen LogP contribution in [0.2, 0.25) is 0 Å². The van der Waals surface area contributed by atoms with Gasteiger partial charge in [-0.15, -0.1) is 0 Å². The molecule has 1 amide bonds. The highest BCUT2D eigenvalue weighted by atomic mass is 19.1. The molecule has 0 N–H and O–H groups in total. The number of rotatable bonds is 4. The van der Waals surface area contributed by atoms with Crippen molar-refractivity contribution in [1.29, 1.82) is 0 Å². The van der Waals surface area contributed by atoms with Crippen LogP contribution in [0.4, 0.5) is 4.39 Å². The van der Waals surface area contributed by atoms with E-state index in [1.807, 2.05) is 18.3 Å². The van der Waals surface area contributed by atoms with Gasteiger partial charge in [0.25, 0.3) is 5.91 Å². The Kier molecular flexibility index (Phi) is 4.91. The molecule has 27 heavy (non-hydrogen) atoms. The minimum absolute atomic E-state index is 0.0748. The van der Waals surface area contributed by atoms with Crippen LogP contribution < -0.4 is 0 Å². The maximum absolute atomic E-state index is 13.9. The highest BCUT2D eigenvalue weighted by Crippen LogP contribution is 2.27. The van der Waals surface area contributed by atoms with Crippen LogP contribution in [0.3, 0.4) is 0 Å². The van der Waals surface area contributed by atoms with E-state index in [1.54, 1.807) is 23.5 Å². The minimum Gasteiger partial charge on any atom is -0.338 e. The fourth-order valence-corrected chi connectivity index (χ4v) is 3.59. The lowest BCUT2D eigenvalue weighted by Crippen LogP contribution is -2.40. The number of likely N-dealkylation sites (tertiary alicyclic amines) is 1. The van der Waals surface area contributed by atoms with Gasteiger partial charge < -0.3 is 9.47 Å². The van der Waals surface area contributed by atoms with Gasteiger partial charge in [0.2, 0.25) is 0 Å². The maximum Gasteiger partial charge on any atom is 0.256 e. The number of halogens is 1. The molecule has 3 aromatic heterocycles. The van der Waals surface area contributed by atoms with Gasteiger partial charge in [0.1, 0.15) is 5.82 Å². The van der Waals surface area contributed by atoms with Gasteiger partial charge in [-0.3, -0.25) is 14.8 Å². The smallest absolute Gasteiger partial charge is 0.256 e. The molecule has 0 spiro atoms. The van der Waals surface area contributed by atoms with Crippen molar-refractivity contribution in [2.75, 3.05) is 13.1 Å². The number of pyridine rings is 2. The Morgan fingerprint density at radius 3 is 2.78 bits per heavy atom. The van der Waals surface area contributed by atoms with Crippen LogP contribution >= 0.6 is 0 Å². The van der Waals surface area contributed by atoms with Crippen LogP contribution in [0.15, 0.2) is 55.4 Å². The average molecular weight is 365 g/mol. The van der Waals surface area contributed by atoms with Gasteiger partial charge >= 0.3 is 0 Å². The molecule has 0 radical (unpaired) electrons. The Balaban J connectivity index is 1.52. The zero-order valence-corrected chi connectivity index (χ0v) is 14.8. The molecule has 6 nitrogen and oxygen atoms in total. The molecule has 3 aromatic rings. The first-order valence-electron chi connectivity index (χ1n) is 9.01. The molecule has 1 aliphatic rings. The first kappa shape index (κ1) is 17.3. The first-order valence-corrected chi connectivity index (χ1v) is 9.01. The number of nitrogens with zero attached hydrogens (tertiary/aromatic N) is 5. The SMILES string of the molecule is O=C(c1ccncc1F)N1CCC[C@H](c2nccn2Cc2ccncc2)C1. The molecule has 1 saturated heterocycles. The van der Waals surface area contributed by atoms with Gasteiger partial charge in [0.05, 0.1) is 11.8 Å². The van der Waals surface area contributed by atoms with Crippen molar-refractivity contribution in [3.63, 3.8) is 0 Å². The highest BCUT2D eigenvalue weighted by molar-refractivity contribution is 5.94. The molecule has 1 fully saturated rings.